The quantitative estimate of drug-likeness (QED) is 0.0170. The van der Waals surface area contributed by atoms with Crippen LogP contribution in [0.3, 0.4) is 0 Å². The van der Waals surface area contributed by atoms with Crippen LogP contribution in [0, 0.1) is 40.9 Å². The van der Waals surface area contributed by atoms with Gasteiger partial charge in [0.2, 0.25) is 47.2 Å². The van der Waals surface area contributed by atoms with Gasteiger partial charge < -0.3 is 62.8 Å². The number of amides is 7. The van der Waals surface area contributed by atoms with Crippen LogP contribution in [0.4, 0.5) is 22.0 Å². The van der Waals surface area contributed by atoms with E-state index in [1.54, 1.807) is 38.1 Å². The number of nitrogens with two attached hydrogens (primary N) is 1. The molecule has 0 spiro atoms. The Balaban J connectivity index is 1.48. The van der Waals surface area contributed by atoms with Gasteiger partial charge in [-0.05, 0) is 43.2 Å². The van der Waals surface area contributed by atoms with Gasteiger partial charge in [0.1, 0.15) is 36.3 Å². The van der Waals surface area contributed by atoms with Crippen LogP contribution >= 0.6 is 0 Å². The number of esters is 1. The van der Waals surface area contributed by atoms with Crippen LogP contribution in [0.1, 0.15) is 70.7 Å². The molecule has 75 heavy (non-hydrogen) atoms. The molecule has 2 aromatic carbocycles. The molecule has 0 aliphatic rings. The van der Waals surface area contributed by atoms with Crippen molar-refractivity contribution < 1.29 is 74.9 Å². The number of aliphatic carboxylic acids is 1. The number of ether oxygens (including phenoxy) is 1. The Labute approximate surface area is 426 Å². The molecule has 0 fully saturated rings. The van der Waals surface area contributed by atoms with Crippen molar-refractivity contribution in [3.05, 3.63) is 88.9 Å². The average molecular weight is 1060 g/mol. The summed E-state index contributed by atoms with van der Waals surface area (Å²) in [6.45, 7) is 7.39. The van der Waals surface area contributed by atoms with Crippen molar-refractivity contribution in [2.45, 2.75) is 115 Å². The maximum atomic E-state index is 14.4. The van der Waals surface area contributed by atoms with E-state index >= 15 is 0 Å². The lowest BCUT2D eigenvalue weighted by Gasteiger charge is -2.26. The van der Waals surface area contributed by atoms with Crippen LogP contribution in [0.15, 0.2) is 43.0 Å². The van der Waals surface area contributed by atoms with Crippen molar-refractivity contribution in [1.29, 1.82) is 0 Å². The number of halogens is 5. The molecule has 12 N–H and O–H groups in total. The number of aromatic nitrogens is 3. The third-order valence-corrected chi connectivity index (χ3v) is 11.6. The predicted molar refractivity (Wildman–Crippen MR) is 256 cm³/mol. The Morgan fingerprint density at radius 1 is 0.680 bits per heavy atom. The monoisotopic (exact) mass is 1060 g/mol. The lowest BCUT2D eigenvalue weighted by atomic mass is 10.0. The van der Waals surface area contributed by atoms with Gasteiger partial charge in [-0.3, -0.25) is 38.4 Å². The molecule has 22 nitrogen and oxygen atoms in total. The number of para-hydroxylation sites is 1. The van der Waals surface area contributed by atoms with Crippen molar-refractivity contribution in [2.75, 3.05) is 13.7 Å². The topological polar surface area (TPSA) is 338 Å². The van der Waals surface area contributed by atoms with Crippen molar-refractivity contribution >= 4 is 64.2 Å². The first-order valence-corrected chi connectivity index (χ1v) is 23.5. The SMILES string of the molecule is COC(=O)C(CC(C)C)NC(=O)C(Cc1cnc[nH]1)NC(=O)CNC(=O)C(NC(=O)C(C)NC(=O)C(Cc1c[nH]c2ccccc12)NC(=O)C(CCC(=O)O)NC(=O)C(N)Cc1c(F)c(F)c(F)c(F)c1F)C(C)C. The molecule has 2 heterocycles. The number of rotatable bonds is 27. The van der Waals surface area contributed by atoms with Crippen LogP contribution in [-0.4, -0.2) is 129 Å². The number of hydrogen-bond donors (Lipinski definition) is 11. The van der Waals surface area contributed by atoms with E-state index in [4.69, 9.17) is 10.5 Å². The van der Waals surface area contributed by atoms with Crippen molar-refractivity contribution in [2.24, 2.45) is 17.6 Å². The van der Waals surface area contributed by atoms with Crippen LogP contribution < -0.4 is 43.0 Å². The minimum Gasteiger partial charge on any atom is -0.481 e. The van der Waals surface area contributed by atoms with E-state index < -0.39 is 162 Å². The smallest absolute Gasteiger partial charge is 0.328 e. The molecular weight excluding hydrogens is 1000 g/mol. The summed E-state index contributed by atoms with van der Waals surface area (Å²) in [5.41, 5.74) is 5.90. The summed E-state index contributed by atoms with van der Waals surface area (Å²) in [6, 6.07) is -3.67. The van der Waals surface area contributed by atoms with Crippen molar-refractivity contribution in [1.82, 2.24) is 52.2 Å². The summed E-state index contributed by atoms with van der Waals surface area (Å²) in [7, 11) is 1.17. The standard InChI is InChI=1S/C48H60F5N11O11/c1-21(2)13-33(48(74)75-6)63-46(72)32(15-25-18-55-20-58-25)60-34(65)19-57-47(73)41(22(3)4)64-42(68)23(5)59-45(71)31(14-24-17-56-29-10-8-7-9-26(24)29)62-44(70)30(11-12-35(66)67)61-43(69)28(54)16-27-36(49)38(51)40(53)39(52)37(27)50/h7-10,17-18,20-23,28,30-33,41,56H,11-16,19,54H2,1-6H3,(H,55,58)(H,57,73)(H,59,71)(H,60,65)(H,61,69)(H,62,70)(H,63,72)(H,64,68)(H,66,67). The molecule has 0 saturated heterocycles. The number of H-pyrrole nitrogens is 2. The fourth-order valence-corrected chi connectivity index (χ4v) is 7.60. The fourth-order valence-electron chi connectivity index (χ4n) is 7.60. The first-order valence-electron chi connectivity index (χ1n) is 23.5. The van der Waals surface area contributed by atoms with E-state index in [0.29, 0.717) is 22.2 Å². The van der Waals surface area contributed by atoms with E-state index in [9.17, 15) is 70.2 Å². The van der Waals surface area contributed by atoms with Gasteiger partial charge in [0.05, 0.1) is 26.0 Å². The van der Waals surface area contributed by atoms with E-state index in [1.165, 1.54) is 32.8 Å². The van der Waals surface area contributed by atoms with Gasteiger partial charge in [0.25, 0.3) is 0 Å². The second-order valence-electron chi connectivity index (χ2n) is 18.3. The molecule has 0 saturated carbocycles. The maximum Gasteiger partial charge on any atom is 0.328 e. The molecule has 0 bridgehead atoms. The number of carbonyl (C=O) groups excluding carboxylic acids is 8. The number of carboxylic acids is 1. The van der Waals surface area contributed by atoms with Gasteiger partial charge in [-0.2, -0.15) is 0 Å². The van der Waals surface area contributed by atoms with Gasteiger partial charge in [0.15, 0.2) is 23.3 Å². The summed E-state index contributed by atoms with van der Waals surface area (Å²) in [4.78, 5) is 129. The summed E-state index contributed by atoms with van der Waals surface area (Å²) in [5, 5.41) is 27.1. The zero-order valence-corrected chi connectivity index (χ0v) is 41.6. The molecule has 0 aliphatic carbocycles. The number of hydrogen-bond acceptors (Lipinski definition) is 12. The van der Waals surface area contributed by atoms with Crippen LogP contribution in [0.5, 0.6) is 0 Å². The van der Waals surface area contributed by atoms with Gasteiger partial charge in [0, 0.05) is 60.2 Å². The zero-order valence-electron chi connectivity index (χ0n) is 41.6. The third kappa shape index (κ3) is 16.8. The number of carboxylic acid groups (broad SMARTS) is 1. The van der Waals surface area contributed by atoms with E-state index in [1.807, 2.05) is 13.8 Å². The molecule has 408 valence electrons. The number of imidazole rings is 1. The van der Waals surface area contributed by atoms with Crippen LogP contribution in [0.2, 0.25) is 0 Å². The third-order valence-electron chi connectivity index (χ3n) is 11.6. The molecule has 27 heteroatoms. The molecule has 7 unspecified atom stereocenters. The minimum atomic E-state index is -2.45. The molecule has 0 aliphatic heterocycles. The average Bonchev–Trinajstić information content (AvgIpc) is 4.04. The van der Waals surface area contributed by atoms with Gasteiger partial charge >= 0.3 is 11.9 Å². The Bertz CT molecular complexity index is 2690. The number of methoxy groups -OCH3 is 1. The summed E-state index contributed by atoms with van der Waals surface area (Å²) >= 11 is 0. The van der Waals surface area contributed by atoms with Gasteiger partial charge in [-0.25, -0.2) is 31.7 Å². The number of nitrogens with one attached hydrogen (secondary N) is 9. The molecular formula is C48H60F5N11O11. The van der Waals surface area contributed by atoms with E-state index in [0.717, 1.165) is 0 Å². The van der Waals surface area contributed by atoms with E-state index in [-0.39, 0.29) is 25.2 Å². The first kappa shape index (κ1) is 59.6. The van der Waals surface area contributed by atoms with Crippen LogP contribution in [0.25, 0.3) is 10.9 Å². The lowest BCUT2D eigenvalue weighted by Crippen LogP contribution is -2.59. The van der Waals surface area contributed by atoms with Crippen molar-refractivity contribution in [3.8, 4) is 0 Å². The Hall–Kier alpha value is -7.97. The second kappa shape index (κ2) is 27.4. The highest BCUT2D eigenvalue weighted by atomic mass is 19.2. The van der Waals surface area contributed by atoms with Gasteiger partial charge in [-0.15, -0.1) is 0 Å². The molecule has 7 amide bonds. The number of nitrogens with zero attached hydrogens (tertiary/aromatic N) is 1. The number of aromatic amines is 2. The summed E-state index contributed by atoms with van der Waals surface area (Å²) < 4.78 is 75.2. The molecule has 4 rings (SSSR count). The number of carbonyl (C=O) groups is 9. The highest BCUT2D eigenvalue weighted by Gasteiger charge is 2.35. The summed E-state index contributed by atoms with van der Waals surface area (Å²) in [6.07, 6.45) is 1.51. The minimum absolute atomic E-state index is 0.0205. The first-order chi connectivity index (χ1) is 35.3. The highest BCUT2D eigenvalue weighted by molar-refractivity contribution is 5.97. The molecule has 0 radical (unpaired) electrons. The zero-order chi connectivity index (χ0) is 55.8. The highest BCUT2D eigenvalue weighted by Crippen LogP contribution is 2.24. The summed E-state index contributed by atoms with van der Waals surface area (Å²) in [5.74, 6) is -21.2. The van der Waals surface area contributed by atoms with E-state index in [2.05, 4.69) is 52.2 Å². The maximum absolute atomic E-state index is 14.4. The van der Waals surface area contributed by atoms with Crippen LogP contribution in [-0.2, 0) is 67.2 Å². The predicted octanol–water partition coefficient (Wildman–Crippen LogP) is 0.727. The Kier molecular flexibility index (Phi) is 21.7. The number of benzene rings is 2. The molecule has 7 atom stereocenters. The molecule has 2 aromatic heterocycles. The largest absolute Gasteiger partial charge is 0.481 e. The fraction of sp³-hybridized carbons (Fsp3) is 0.458. The number of fused-ring (bicyclic) bond motifs is 1. The Morgan fingerprint density at radius 3 is 1.87 bits per heavy atom. The normalized spacial score (nSPS) is 14.1. The molecule has 4 aromatic rings. The van der Waals surface area contributed by atoms with Crippen molar-refractivity contribution in [3.63, 3.8) is 0 Å². The van der Waals surface area contributed by atoms with Gasteiger partial charge in [-0.1, -0.05) is 45.9 Å². The second-order valence-corrected chi connectivity index (χ2v) is 18.3. The Morgan fingerprint density at radius 2 is 1.27 bits per heavy atom. The lowest BCUT2D eigenvalue weighted by molar-refractivity contribution is -0.146.